The van der Waals surface area contributed by atoms with Gasteiger partial charge in [0, 0.05) is 51.3 Å². The van der Waals surface area contributed by atoms with Crippen molar-refractivity contribution in [1.29, 1.82) is 0 Å². The first kappa shape index (κ1) is 25.3. The molecule has 5 rings (SSSR count). The molecule has 1 fully saturated rings. The number of sulfonamides is 1. The number of benzene rings is 2. The molecule has 1 atom stereocenters. The molecule has 194 valence electrons. The van der Waals surface area contributed by atoms with Crippen LogP contribution in [-0.2, 0) is 26.8 Å². The van der Waals surface area contributed by atoms with Gasteiger partial charge in [-0.3, -0.25) is 15.0 Å². The third-order valence-electron chi connectivity index (χ3n) is 7.03. The highest BCUT2D eigenvalue weighted by molar-refractivity contribution is 7.89. The molecule has 2 aliphatic rings. The third-order valence-corrected chi connectivity index (χ3v) is 9.58. The average Bonchev–Trinajstić information content (AvgIpc) is 3.57. The summed E-state index contributed by atoms with van der Waals surface area (Å²) in [6.45, 7) is 4.86. The number of carbonyl (C=O) groups excluding carboxylic acids is 2. The highest BCUT2D eigenvalue weighted by atomic mass is 32.2. The van der Waals surface area contributed by atoms with E-state index in [-0.39, 0.29) is 23.4 Å². The summed E-state index contributed by atoms with van der Waals surface area (Å²) in [6.07, 6.45) is 0.630. The van der Waals surface area contributed by atoms with E-state index in [1.807, 2.05) is 30.3 Å². The van der Waals surface area contributed by atoms with E-state index < -0.39 is 15.4 Å². The Labute approximate surface area is 220 Å². The van der Waals surface area contributed by atoms with E-state index in [9.17, 15) is 18.0 Å². The van der Waals surface area contributed by atoms with Gasteiger partial charge < -0.3 is 4.90 Å². The molecule has 1 saturated heterocycles. The third kappa shape index (κ3) is 4.72. The number of aryl methyl sites for hydroxylation is 1. The van der Waals surface area contributed by atoms with Crippen LogP contribution in [-0.4, -0.2) is 66.4 Å². The second kappa shape index (κ2) is 9.51. The fourth-order valence-corrected chi connectivity index (χ4v) is 6.86. The van der Waals surface area contributed by atoms with Gasteiger partial charge in [0.1, 0.15) is 5.01 Å². The van der Waals surface area contributed by atoms with Gasteiger partial charge in [0.05, 0.1) is 4.90 Å². The second-order valence-electron chi connectivity index (χ2n) is 9.54. The smallest absolute Gasteiger partial charge is 0.328 e. The van der Waals surface area contributed by atoms with Crippen LogP contribution in [0.15, 0.2) is 53.4 Å². The molecule has 1 aromatic heterocycles. The van der Waals surface area contributed by atoms with Crippen molar-refractivity contribution in [2.75, 3.05) is 36.9 Å². The standard InChI is InChI=1S/C25H28N6O4S2/c1-17-27-28-23(36-17)26-24(33)31-16-25(11-12-30(15-25)18(2)32)21-13-20(9-10-22(21)31)37(34,35)29(3)14-19-7-5-4-6-8-19/h4-10,13H,11-12,14-16H2,1-3H3,(H,26,28,33). The Morgan fingerprint density at radius 1 is 1.14 bits per heavy atom. The van der Waals surface area contributed by atoms with E-state index in [1.165, 1.54) is 22.6 Å². The largest absolute Gasteiger partial charge is 0.342 e. The fourth-order valence-electron chi connectivity index (χ4n) is 5.09. The Kier molecular flexibility index (Phi) is 6.50. The lowest BCUT2D eigenvalue weighted by atomic mass is 9.81. The number of hydrogen-bond acceptors (Lipinski definition) is 7. The molecular formula is C25H28N6O4S2. The maximum absolute atomic E-state index is 13.5. The predicted octanol–water partition coefficient (Wildman–Crippen LogP) is 3.21. The number of amides is 3. The van der Waals surface area contributed by atoms with Gasteiger partial charge in [-0.2, -0.15) is 4.31 Å². The molecule has 3 aromatic rings. The normalized spacial score (nSPS) is 19.0. The molecule has 3 amide bonds. The quantitative estimate of drug-likeness (QED) is 0.531. The minimum Gasteiger partial charge on any atom is -0.342 e. The first-order valence-corrected chi connectivity index (χ1v) is 14.1. The van der Waals surface area contributed by atoms with Gasteiger partial charge in [-0.05, 0) is 42.7 Å². The molecule has 0 aliphatic carbocycles. The highest BCUT2D eigenvalue weighted by Gasteiger charge is 2.50. The lowest BCUT2D eigenvalue weighted by Crippen LogP contribution is -2.41. The van der Waals surface area contributed by atoms with E-state index in [0.717, 1.165) is 16.1 Å². The second-order valence-corrected chi connectivity index (χ2v) is 12.8. The molecule has 0 saturated carbocycles. The number of urea groups is 1. The van der Waals surface area contributed by atoms with Crippen molar-refractivity contribution in [1.82, 2.24) is 19.4 Å². The topological polar surface area (TPSA) is 116 Å². The van der Waals surface area contributed by atoms with Crippen molar-refractivity contribution in [2.24, 2.45) is 0 Å². The van der Waals surface area contributed by atoms with Gasteiger partial charge >= 0.3 is 6.03 Å². The van der Waals surface area contributed by atoms with E-state index in [2.05, 4.69) is 15.5 Å². The van der Waals surface area contributed by atoms with Crippen molar-refractivity contribution >= 4 is 44.1 Å². The Balaban J connectivity index is 1.49. The highest BCUT2D eigenvalue weighted by Crippen LogP contribution is 2.47. The summed E-state index contributed by atoms with van der Waals surface area (Å²) in [7, 11) is -2.24. The van der Waals surface area contributed by atoms with Crippen LogP contribution >= 0.6 is 11.3 Å². The molecule has 1 spiro atoms. The van der Waals surface area contributed by atoms with E-state index in [1.54, 1.807) is 42.0 Å². The SMILES string of the molecule is CC(=O)N1CCC2(C1)CN(C(=O)Nc1nnc(C)s1)c1ccc(S(=O)(=O)N(C)Cc3ccccc3)cc12. The van der Waals surface area contributed by atoms with Crippen LogP contribution in [0.25, 0.3) is 0 Å². The Hall–Kier alpha value is -3.35. The molecule has 2 aromatic carbocycles. The number of rotatable bonds is 5. The molecule has 1 unspecified atom stereocenters. The van der Waals surface area contributed by atoms with Gasteiger partial charge in [0.2, 0.25) is 21.1 Å². The summed E-state index contributed by atoms with van der Waals surface area (Å²) in [5.74, 6) is -0.0444. The zero-order valence-electron chi connectivity index (χ0n) is 20.8. The number of nitrogens with zero attached hydrogens (tertiary/aromatic N) is 5. The van der Waals surface area contributed by atoms with Gasteiger partial charge in [0.25, 0.3) is 0 Å². The average molecular weight is 541 g/mol. The molecule has 0 bridgehead atoms. The Morgan fingerprint density at radius 2 is 1.89 bits per heavy atom. The molecule has 2 aliphatic heterocycles. The lowest BCUT2D eigenvalue weighted by molar-refractivity contribution is -0.127. The van der Waals surface area contributed by atoms with Crippen molar-refractivity contribution in [3.63, 3.8) is 0 Å². The lowest BCUT2D eigenvalue weighted by Gasteiger charge is -2.25. The van der Waals surface area contributed by atoms with Gasteiger partial charge in [-0.15, -0.1) is 10.2 Å². The number of anilines is 2. The zero-order chi connectivity index (χ0) is 26.4. The van der Waals surface area contributed by atoms with Gasteiger partial charge in [-0.25, -0.2) is 13.2 Å². The summed E-state index contributed by atoms with van der Waals surface area (Å²) >= 11 is 1.28. The molecular weight excluding hydrogens is 512 g/mol. The maximum atomic E-state index is 13.5. The molecule has 12 heteroatoms. The first-order valence-electron chi connectivity index (χ1n) is 11.9. The minimum atomic E-state index is -3.80. The molecule has 3 heterocycles. The number of nitrogens with one attached hydrogen (secondary N) is 1. The van der Waals surface area contributed by atoms with Crippen LogP contribution in [0.3, 0.4) is 0 Å². The Bertz CT molecular complexity index is 1460. The first-order chi connectivity index (χ1) is 17.6. The van der Waals surface area contributed by atoms with E-state index in [4.69, 9.17) is 0 Å². The Morgan fingerprint density at radius 3 is 2.54 bits per heavy atom. The minimum absolute atomic E-state index is 0.0444. The van der Waals surface area contributed by atoms with Gasteiger partial charge in [0.15, 0.2) is 0 Å². The monoisotopic (exact) mass is 540 g/mol. The van der Waals surface area contributed by atoms with Gasteiger partial charge in [-0.1, -0.05) is 41.7 Å². The van der Waals surface area contributed by atoms with Crippen LogP contribution in [0, 0.1) is 6.92 Å². The van der Waals surface area contributed by atoms with Crippen LogP contribution in [0.1, 0.15) is 29.5 Å². The number of likely N-dealkylation sites (tertiary alicyclic amines) is 1. The van der Waals surface area contributed by atoms with Crippen molar-refractivity contribution < 1.29 is 18.0 Å². The predicted molar refractivity (Wildman–Crippen MR) is 141 cm³/mol. The van der Waals surface area contributed by atoms with Crippen LogP contribution in [0.2, 0.25) is 0 Å². The van der Waals surface area contributed by atoms with Crippen LogP contribution in [0.5, 0.6) is 0 Å². The summed E-state index contributed by atoms with van der Waals surface area (Å²) in [5, 5.41) is 11.9. The van der Waals surface area contributed by atoms with Crippen molar-refractivity contribution in [3.05, 3.63) is 64.7 Å². The number of carbonyl (C=O) groups is 2. The zero-order valence-corrected chi connectivity index (χ0v) is 22.5. The van der Waals surface area contributed by atoms with E-state index in [0.29, 0.717) is 36.9 Å². The maximum Gasteiger partial charge on any atom is 0.328 e. The van der Waals surface area contributed by atoms with Crippen molar-refractivity contribution in [3.8, 4) is 0 Å². The summed E-state index contributed by atoms with van der Waals surface area (Å²) in [5.41, 5.74) is 1.72. The summed E-state index contributed by atoms with van der Waals surface area (Å²) in [4.78, 5) is 29.0. The van der Waals surface area contributed by atoms with Crippen LogP contribution < -0.4 is 10.2 Å². The number of aromatic nitrogens is 2. The fraction of sp³-hybridized carbons (Fsp3) is 0.360. The summed E-state index contributed by atoms with van der Waals surface area (Å²) < 4.78 is 28.4. The molecule has 0 radical (unpaired) electrons. The molecule has 37 heavy (non-hydrogen) atoms. The number of fused-ring (bicyclic) bond motifs is 2. The number of hydrogen-bond donors (Lipinski definition) is 1. The van der Waals surface area contributed by atoms with Crippen LogP contribution in [0.4, 0.5) is 15.6 Å². The van der Waals surface area contributed by atoms with Crippen molar-refractivity contribution in [2.45, 2.75) is 37.1 Å². The molecule has 10 nitrogen and oxygen atoms in total. The molecule has 1 N–H and O–H groups in total. The summed E-state index contributed by atoms with van der Waals surface area (Å²) in [6, 6.07) is 13.9. The van der Waals surface area contributed by atoms with E-state index >= 15 is 0 Å².